The molecule has 1 aliphatic rings. The number of nitrogen functional groups attached to an aromatic ring is 1. The second-order valence-electron chi connectivity index (χ2n) is 5.18. The van der Waals surface area contributed by atoms with Crippen LogP contribution in [0.4, 0.5) is 11.4 Å². The Balaban J connectivity index is 2.02. The first-order chi connectivity index (χ1) is 9.76. The minimum atomic E-state index is 0.400. The van der Waals surface area contributed by atoms with Crippen LogP contribution in [-0.2, 0) is 4.74 Å². The standard InChI is InChI=1S/C16H26N2O2/c1-3-12-20-15-7-5-6-14(16(15)17)18-10-8-13(9-11-18)19-4-2/h5-7,13H,3-4,8-12,17H2,1-2H3. The minimum Gasteiger partial charge on any atom is -0.491 e. The van der Waals surface area contributed by atoms with Crippen LogP contribution < -0.4 is 15.4 Å². The molecule has 0 atom stereocenters. The highest BCUT2D eigenvalue weighted by Gasteiger charge is 2.21. The molecular weight excluding hydrogens is 252 g/mol. The lowest BCUT2D eigenvalue weighted by Crippen LogP contribution is -2.37. The highest BCUT2D eigenvalue weighted by atomic mass is 16.5. The van der Waals surface area contributed by atoms with Crippen LogP contribution >= 0.6 is 0 Å². The molecule has 2 N–H and O–H groups in total. The first-order valence-electron chi connectivity index (χ1n) is 7.64. The van der Waals surface area contributed by atoms with Gasteiger partial charge in [-0.05, 0) is 38.3 Å². The number of anilines is 2. The normalized spacial score (nSPS) is 16.4. The molecule has 112 valence electrons. The van der Waals surface area contributed by atoms with Crippen LogP contribution in [-0.4, -0.2) is 32.4 Å². The maximum atomic E-state index is 6.25. The van der Waals surface area contributed by atoms with Crippen molar-refractivity contribution in [1.29, 1.82) is 0 Å². The van der Waals surface area contributed by atoms with Gasteiger partial charge < -0.3 is 20.1 Å². The summed E-state index contributed by atoms with van der Waals surface area (Å²) in [6, 6.07) is 6.04. The van der Waals surface area contributed by atoms with E-state index in [0.717, 1.165) is 56.1 Å². The molecule has 0 radical (unpaired) electrons. The summed E-state index contributed by atoms with van der Waals surface area (Å²) in [7, 11) is 0. The fourth-order valence-corrected chi connectivity index (χ4v) is 2.65. The Morgan fingerprint density at radius 2 is 2.00 bits per heavy atom. The maximum absolute atomic E-state index is 6.25. The van der Waals surface area contributed by atoms with Gasteiger partial charge in [0.1, 0.15) is 5.75 Å². The predicted molar refractivity (Wildman–Crippen MR) is 83.5 cm³/mol. The van der Waals surface area contributed by atoms with Gasteiger partial charge in [0.15, 0.2) is 0 Å². The Kier molecular flexibility index (Phi) is 5.53. The van der Waals surface area contributed by atoms with Crippen molar-refractivity contribution in [3.63, 3.8) is 0 Å². The monoisotopic (exact) mass is 278 g/mol. The molecule has 1 fully saturated rings. The Morgan fingerprint density at radius 1 is 1.25 bits per heavy atom. The Labute approximate surface area is 121 Å². The van der Waals surface area contributed by atoms with Crippen LogP contribution in [0.3, 0.4) is 0 Å². The van der Waals surface area contributed by atoms with Gasteiger partial charge in [-0.1, -0.05) is 13.0 Å². The molecule has 1 heterocycles. The fourth-order valence-electron chi connectivity index (χ4n) is 2.65. The number of ether oxygens (including phenoxy) is 2. The third-order valence-corrected chi connectivity index (χ3v) is 3.69. The quantitative estimate of drug-likeness (QED) is 0.812. The van der Waals surface area contributed by atoms with Gasteiger partial charge in [0, 0.05) is 19.7 Å². The molecule has 1 aromatic carbocycles. The average Bonchev–Trinajstić information content (AvgIpc) is 2.48. The summed E-state index contributed by atoms with van der Waals surface area (Å²) in [5.74, 6) is 0.802. The summed E-state index contributed by atoms with van der Waals surface area (Å²) in [6.07, 6.45) is 3.52. The van der Waals surface area contributed by atoms with Crippen LogP contribution in [0.25, 0.3) is 0 Å². The number of benzene rings is 1. The van der Waals surface area contributed by atoms with Crippen molar-refractivity contribution in [1.82, 2.24) is 0 Å². The summed E-state index contributed by atoms with van der Waals surface area (Å²) in [5.41, 5.74) is 8.10. The lowest BCUT2D eigenvalue weighted by Gasteiger charge is -2.34. The van der Waals surface area contributed by atoms with Crippen molar-refractivity contribution in [3.8, 4) is 5.75 Å². The molecule has 0 unspecified atom stereocenters. The van der Waals surface area contributed by atoms with Crippen molar-refractivity contribution in [2.45, 2.75) is 39.2 Å². The van der Waals surface area contributed by atoms with Gasteiger partial charge in [0.25, 0.3) is 0 Å². The molecule has 0 bridgehead atoms. The molecule has 20 heavy (non-hydrogen) atoms. The van der Waals surface area contributed by atoms with Crippen LogP contribution in [0, 0.1) is 0 Å². The predicted octanol–water partition coefficient (Wildman–Crippen LogP) is 3.06. The zero-order valence-corrected chi connectivity index (χ0v) is 12.6. The molecular formula is C16H26N2O2. The highest BCUT2D eigenvalue weighted by molar-refractivity contribution is 5.74. The molecule has 1 saturated heterocycles. The third-order valence-electron chi connectivity index (χ3n) is 3.69. The molecule has 0 aliphatic carbocycles. The number of hydrogen-bond donors (Lipinski definition) is 1. The smallest absolute Gasteiger partial charge is 0.144 e. The number of rotatable bonds is 6. The lowest BCUT2D eigenvalue weighted by atomic mass is 10.1. The first kappa shape index (κ1) is 15.0. The topological polar surface area (TPSA) is 47.7 Å². The SMILES string of the molecule is CCCOc1cccc(N2CCC(OCC)CC2)c1N. The molecule has 1 aliphatic heterocycles. The zero-order valence-electron chi connectivity index (χ0n) is 12.6. The van der Waals surface area contributed by atoms with Crippen LogP contribution in [0.5, 0.6) is 5.75 Å². The van der Waals surface area contributed by atoms with Crippen LogP contribution in [0.15, 0.2) is 18.2 Å². The second kappa shape index (κ2) is 7.39. The van der Waals surface area contributed by atoms with Gasteiger partial charge >= 0.3 is 0 Å². The van der Waals surface area contributed by atoms with Gasteiger partial charge in [0.05, 0.1) is 24.1 Å². The maximum Gasteiger partial charge on any atom is 0.144 e. The molecule has 0 aromatic heterocycles. The van der Waals surface area contributed by atoms with Crippen molar-refractivity contribution in [3.05, 3.63) is 18.2 Å². The summed E-state index contributed by atoms with van der Waals surface area (Å²) in [6.45, 7) is 7.64. The summed E-state index contributed by atoms with van der Waals surface area (Å²) in [4.78, 5) is 2.34. The zero-order chi connectivity index (χ0) is 14.4. The van der Waals surface area contributed by atoms with Crippen LogP contribution in [0.2, 0.25) is 0 Å². The number of para-hydroxylation sites is 1. The Bertz CT molecular complexity index is 415. The minimum absolute atomic E-state index is 0.400. The van der Waals surface area contributed by atoms with E-state index < -0.39 is 0 Å². The van der Waals surface area contributed by atoms with E-state index in [1.165, 1.54) is 0 Å². The van der Waals surface area contributed by atoms with Crippen molar-refractivity contribution < 1.29 is 9.47 Å². The van der Waals surface area contributed by atoms with Crippen molar-refractivity contribution >= 4 is 11.4 Å². The van der Waals surface area contributed by atoms with E-state index in [0.29, 0.717) is 12.7 Å². The van der Waals surface area contributed by atoms with E-state index >= 15 is 0 Å². The van der Waals surface area contributed by atoms with Crippen molar-refractivity contribution in [2.24, 2.45) is 0 Å². The van der Waals surface area contributed by atoms with E-state index in [1.807, 2.05) is 12.1 Å². The first-order valence-corrected chi connectivity index (χ1v) is 7.64. The molecule has 4 nitrogen and oxygen atoms in total. The highest BCUT2D eigenvalue weighted by Crippen LogP contribution is 2.34. The van der Waals surface area contributed by atoms with Gasteiger partial charge in [-0.25, -0.2) is 0 Å². The molecule has 4 heteroatoms. The second-order valence-corrected chi connectivity index (χ2v) is 5.18. The lowest BCUT2D eigenvalue weighted by molar-refractivity contribution is 0.0459. The Hall–Kier alpha value is -1.42. The summed E-state index contributed by atoms with van der Waals surface area (Å²) in [5, 5.41) is 0. The van der Waals surface area contributed by atoms with Gasteiger partial charge in [-0.15, -0.1) is 0 Å². The third kappa shape index (κ3) is 3.57. The van der Waals surface area contributed by atoms with Crippen LogP contribution in [0.1, 0.15) is 33.1 Å². The number of piperidine rings is 1. The number of nitrogens with two attached hydrogens (primary N) is 1. The number of hydrogen-bond acceptors (Lipinski definition) is 4. The van der Waals surface area contributed by atoms with E-state index in [2.05, 4.69) is 24.8 Å². The number of nitrogens with zero attached hydrogens (tertiary/aromatic N) is 1. The van der Waals surface area contributed by atoms with E-state index in [1.54, 1.807) is 0 Å². The van der Waals surface area contributed by atoms with E-state index in [9.17, 15) is 0 Å². The van der Waals surface area contributed by atoms with E-state index in [4.69, 9.17) is 15.2 Å². The molecule has 0 spiro atoms. The Morgan fingerprint density at radius 3 is 2.65 bits per heavy atom. The van der Waals surface area contributed by atoms with Crippen molar-refractivity contribution in [2.75, 3.05) is 36.9 Å². The largest absolute Gasteiger partial charge is 0.491 e. The molecule has 2 rings (SSSR count). The van der Waals surface area contributed by atoms with Gasteiger partial charge in [-0.3, -0.25) is 0 Å². The van der Waals surface area contributed by atoms with Gasteiger partial charge in [0.2, 0.25) is 0 Å². The fraction of sp³-hybridized carbons (Fsp3) is 0.625. The average molecular weight is 278 g/mol. The van der Waals surface area contributed by atoms with E-state index in [-0.39, 0.29) is 0 Å². The molecule has 0 saturated carbocycles. The molecule has 0 amide bonds. The van der Waals surface area contributed by atoms with Gasteiger partial charge in [-0.2, -0.15) is 0 Å². The summed E-state index contributed by atoms with van der Waals surface area (Å²) < 4.78 is 11.4. The molecule has 1 aromatic rings. The summed E-state index contributed by atoms with van der Waals surface area (Å²) >= 11 is 0.